The van der Waals surface area contributed by atoms with Gasteiger partial charge in [-0.25, -0.2) is 0 Å². The van der Waals surface area contributed by atoms with Gasteiger partial charge >= 0.3 is 6.18 Å². The zero-order chi connectivity index (χ0) is 25.0. The molecule has 35 heavy (non-hydrogen) atoms. The van der Waals surface area contributed by atoms with Crippen LogP contribution in [-0.4, -0.2) is 25.5 Å². The van der Waals surface area contributed by atoms with Crippen molar-refractivity contribution in [3.8, 4) is 11.5 Å². The Kier molecular flexibility index (Phi) is 6.95. The summed E-state index contributed by atoms with van der Waals surface area (Å²) in [5, 5.41) is 5.41. The molecule has 9 heteroatoms. The van der Waals surface area contributed by atoms with Gasteiger partial charge in [0.1, 0.15) is 0 Å². The van der Waals surface area contributed by atoms with Crippen molar-refractivity contribution in [2.75, 3.05) is 24.4 Å². The summed E-state index contributed by atoms with van der Waals surface area (Å²) in [5.41, 5.74) is 0.288. The number of carbonyl (C=O) groups excluding carboxylic acids is 2. The number of methoxy groups -OCH3 is 1. The Balaban J connectivity index is 1.34. The number of hydrogen-bond donors (Lipinski definition) is 2. The summed E-state index contributed by atoms with van der Waals surface area (Å²) in [6.07, 6.45) is -4.13. The maximum absolute atomic E-state index is 13.3. The highest BCUT2D eigenvalue weighted by atomic mass is 19.4. The van der Waals surface area contributed by atoms with Crippen LogP contribution in [0.25, 0.3) is 0 Å². The fourth-order valence-electron chi connectivity index (χ4n) is 3.90. The third kappa shape index (κ3) is 5.92. The molecule has 0 aliphatic heterocycles. The van der Waals surface area contributed by atoms with Crippen LogP contribution in [0.2, 0.25) is 0 Å². The molecule has 0 saturated heterocycles. The second kappa shape index (κ2) is 10.1. The summed E-state index contributed by atoms with van der Waals surface area (Å²) < 4.78 is 50.6. The van der Waals surface area contributed by atoms with Crippen LogP contribution in [0.5, 0.6) is 11.5 Å². The van der Waals surface area contributed by atoms with Gasteiger partial charge in [-0.05, 0) is 54.3 Å². The minimum atomic E-state index is -4.47. The molecule has 1 saturated carbocycles. The number of anilines is 2. The first-order valence-corrected chi connectivity index (χ1v) is 10.9. The van der Waals surface area contributed by atoms with Crippen molar-refractivity contribution in [2.24, 2.45) is 5.92 Å². The van der Waals surface area contributed by atoms with E-state index in [1.165, 1.54) is 19.2 Å². The van der Waals surface area contributed by atoms with Gasteiger partial charge in [0.15, 0.2) is 18.1 Å². The van der Waals surface area contributed by atoms with Crippen molar-refractivity contribution in [2.45, 2.75) is 18.5 Å². The minimum Gasteiger partial charge on any atom is -0.493 e. The Morgan fingerprint density at radius 3 is 2.29 bits per heavy atom. The molecule has 0 bridgehead atoms. The summed E-state index contributed by atoms with van der Waals surface area (Å²) in [6.45, 7) is -0.251. The first-order valence-electron chi connectivity index (χ1n) is 10.9. The summed E-state index contributed by atoms with van der Waals surface area (Å²) >= 11 is 0. The Hall–Kier alpha value is -4.01. The minimum absolute atomic E-state index is 0.135. The fraction of sp³-hybridized carbons (Fsp3) is 0.231. The fourth-order valence-corrected chi connectivity index (χ4v) is 3.90. The molecule has 1 fully saturated rings. The molecule has 2 atom stereocenters. The Bertz CT molecular complexity index is 1230. The number of amides is 2. The number of alkyl halides is 3. The van der Waals surface area contributed by atoms with Gasteiger partial charge in [0, 0.05) is 17.3 Å². The Labute approximate surface area is 200 Å². The Morgan fingerprint density at radius 2 is 1.57 bits per heavy atom. The van der Waals surface area contributed by atoms with Crippen LogP contribution in [0.15, 0.2) is 72.8 Å². The molecule has 2 amide bonds. The molecule has 182 valence electrons. The van der Waals surface area contributed by atoms with E-state index in [0.29, 0.717) is 29.3 Å². The van der Waals surface area contributed by atoms with Crippen molar-refractivity contribution in [3.05, 3.63) is 83.9 Å². The van der Waals surface area contributed by atoms with Crippen LogP contribution in [-0.2, 0) is 15.8 Å². The number of carbonyl (C=O) groups is 2. The van der Waals surface area contributed by atoms with Crippen molar-refractivity contribution in [1.29, 1.82) is 0 Å². The number of halogens is 3. The Morgan fingerprint density at radius 1 is 0.914 bits per heavy atom. The van der Waals surface area contributed by atoms with Gasteiger partial charge in [0.2, 0.25) is 5.91 Å². The molecule has 3 aromatic rings. The van der Waals surface area contributed by atoms with Crippen LogP contribution in [0.1, 0.15) is 23.5 Å². The SMILES string of the molecule is COc1ccccc1OCC(=O)Nc1cccc(NC(=O)C2CC2c2ccccc2C(F)(F)F)c1. The molecule has 6 nitrogen and oxygen atoms in total. The van der Waals surface area contributed by atoms with E-state index in [1.807, 2.05) is 0 Å². The number of para-hydroxylation sites is 2. The number of ether oxygens (including phenoxy) is 2. The second-order valence-electron chi connectivity index (χ2n) is 8.09. The normalized spacial score (nSPS) is 16.8. The standard InChI is InChI=1S/C26H23F3N2O4/c1-34-22-11-4-5-12-23(22)35-15-24(32)30-16-7-6-8-17(13-16)31-25(33)20-14-19(20)18-9-2-3-10-21(18)26(27,28)29/h2-13,19-20H,14-15H2,1H3,(H,30,32)(H,31,33). The van der Waals surface area contributed by atoms with Gasteiger partial charge in [-0.15, -0.1) is 0 Å². The average molecular weight is 484 g/mol. The summed E-state index contributed by atoms with van der Waals surface area (Å²) in [4.78, 5) is 25.0. The van der Waals surface area contributed by atoms with Crippen LogP contribution in [0.4, 0.5) is 24.5 Å². The lowest BCUT2D eigenvalue weighted by Crippen LogP contribution is -2.20. The van der Waals surface area contributed by atoms with Crippen LogP contribution >= 0.6 is 0 Å². The largest absolute Gasteiger partial charge is 0.493 e. The van der Waals surface area contributed by atoms with E-state index >= 15 is 0 Å². The quantitative estimate of drug-likeness (QED) is 0.444. The first kappa shape index (κ1) is 24.1. The predicted octanol–water partition coefficient (Wildman–Crippen LogP) is 5.47. The third-order valence-corrected chi connectivity index (χ3v) is 5.63. The highest BCUT2D eigenvalue weighted by molar-refractivity contribution is 5.97. The molecule has 0 radical (unpaired) electrons. The lowest BCUT2D eigenvalue weighted by atomic mass is 10.0. The van der Waals surface area contributed by atoms with Gasteiger partial charge in [-0.3, -0.25) is 9.59 Å². The molecule has 1 aliphatic carbocycles. The van der Waals surface area contributed by atoms with E-state index in [9.17, 15) is 22.8 Å². The molecular weight excluding hydrogens is 461 g/mol. The predicted molar refractivity (Wildman–Crippen MR) is 124 cm³/mol. The van der Waals surface area contributed by atoms with Gasteiger partial charge in [-0.1, -0.05) is 36.4 Å². The zero-order valence-electron chi connectivity index (χ0n) is 18.8. The van der Waals surface area contributed by atoms with E-state index in [1.54, 1.807) is 54.6 Å². The van der Waals surface area contributed by atoms with E-state index in [4.69, 9.17) is 9.47 Å². The number of nitrogens with one attached hydrogen (secondary N) is 2. The number of benzene rings is 3. The van der Waals surface area contributed by atoms with Crippen molar-refractivity contribution in [3.63, 3.8) is 0 Å². The van der Waals surface area contributed by atoms with Gasteiger partial charge in [0.05, 0.1) is 12.7 Å². The lowest BCUT2D eigenvalue weighted by Gasteiger charge is -2.13. The highest BCUT2D eigenvalue weighted by Gasteiger charge is 2.47. The monoisotopic (exact) mass is 484 g/mol. The topological polar surface area (TPSA) is 76.7 Å². The highest BCUT2D eigenvalue weighted by Crippen LogP contribution is 2.51. The van der Waals surface area contributed by atoms with Crippen LogP contribution in [0, 0.1) is 5.92 Å². The molecule has 0 aromatic heterocycles. The molecule has 0 heterocycles. The van der Waals surface area contributed by atoms with Crippen molar-refractivity contribution >= 4 is 23.2 Å². The third-order valence-electron chi connectivity index (χ3n) is 5.63. The average Bonchev–Trinajstić information content (AvgIpc) is 3.64. The summed E-state index contributed by atoms with van der Waals surface area (Å²) in [5.74, 6) is -0.882. The van der Waals surface area contributed by atoms with E-state index in [2.05, 4.69) is 10.6 Å². The lowest BCUT2D eigenvalue weighted by molar-refractivity contribution is -0.138. The smallest absolute Gasteiger partial charge is 0.416 e. The van der Waals surface area contributed by atoms with Crippen LogP contribution in [0.3, 0.4) is 0 Å². The number of rotatable bonds is 8. The molecule has 1 aliphatic rings. The molecule has 2 unspecified atom stereocenters. The zero-order valence-corrected chi connectivity index (χ0v) is 18.8. The maximum Gasteiger partial charge on any atom is 0.416 e. The maximum atomic E-state index is 13.3. The first-order chi connectivity index (χ1) is 16.8. The molecule has 4 rings (SSSR count). The summed E-state index contributed by atoms with van der Waals surface area (Å²) in [6, 6.07) is 18.8. The molecule has 0 spiro atoms. The van der Waals surface area contributed by atoms with Gasteiger partial charge in [-0.2, -0.15) is 13.2 Å². The van der Waals surface area contributed by atoms with E-state index in [0.717, 1.165) is 6.07 Å². The van der Waals surface area contributed by atoms with Crippen molar-refractivity contribution in [1.82, 2.24) is 0 Å². The van der Waals surface area contributed by atoms with Gasteiger partial charge < -0.3 is 20.1 Å². The molecule has 3 aromatic carbocycles. The molecule has 2 N–H and O–H groups in total. The van der Waals surface area contributed by atoms with Gasteiger partial charge in [0.25, 0.3) is 5.91 Å². The molecular formula is C26H23F3N2O4. The van der Waals surface area contributed by atoms with Crippen LogP contribution < -0.4 is 20.1 Å². The summed E-state index contributed by atoms with van der Waals surface area (Å²) in [7, 11) is 1.50. The van der Waals surface area contributed by atoms with Crippen molar-refractivity contribution < 1.29 is 32.2 Å². The number of hydrogen-bond acceptors (Lipinski definition) is 4. The van der Waals surface area contributed by atoms with E-state index in [-0.39, 0.29) is 18.1 Å². The second-order valence-corrected chi connectivity index (χ2v) is 8.09. The van der Waals surface area contributed by atoms with E-state index < -0.39 is 29.5 Å².